The first-order valence-electron chi connectivity index (χ1n) is 23.7. The summed E-state index contributed by atoms with van der Waals surface area (Å²) in [5, 5.41) is 5.31. The minimum Gasteiger partial charge on any atom is -0.310 e. The minimum absolute atomic E-state index is 0.0908. The van der Waals surface area contributed by atoms with Crippen LogP contribution in [0.25, 0.3) is 66.1 Å². The van der Waals surface area contributed by atoms with E-state index in [1.54, 1.807) is 0 Å². The van der Waals surface area contributed by atoms with Crippen LogP contribution in [0.2, 0.25) is 0 Å². The molecule has 13 rings (SSSR count). The van der Waals surface area contributed by atoms with Gasteiger partial charge in [-0.05, 0) is 185 Å². The summed E-state index contributed by atoms with van der Waals surface area (Å²) >= 11 is 0. The molecule has 0 unspecified atom stereocenters. The van der Waals surface area contributed by atoms with Crippen molar-refractivity contribution in [1.82, 2.24) is 0 Å². The molecule has 1 nitrogen and oxygen atoms in total. The predicted octanol–water partition coefficient (Wildman–Crippen LogP) is 17.3. The molecule has 0 bridgehead atoms. The number of hydrogen-bond donors (Lipinski definition) is 0. The molecule has 0 radical (unpaired) electrons. The molecule has 4 aliphatic rings. The molecule has 9 aromatic rings. The Balaban J connectivity index is 0.954. The molecule has 0 spiro atoms. The fourth-order valence-electron chi connectivity index (χ4n) is 13.2. The lowest BCUT2D eigenvalue weighted by Gasteiger charge is -2.31. The first-order chi connectivity index (χ1) is 31.1. The van der Waals surface area contributed by atoms with Gasteiger partial charge in [0.2, 0.25) is 0 Å². The predicted molar refractivity (Wildman–Crippen MR) is 276 cm³/mol. The summed E-state index contributed by atoms with van der Waals surface area (Å²) in [4.78, 5) is 2.53. The smallest absolute Gasteiger partial charge is 0.0490 e. The van der Waals surface area contributed by atoms with Crippen molar-refractivity contribution in [1.29, 1.82) is 0 Å². The van der Waals surface area contributed by atoms with Gasteiger partial charge in [-0.3, -0.25) is 0 Å². The summed E-state index contributed by atoms with van der Waals surface area (Å²) in [6.45, 7) is 23.9. The van der Waals surface area contributed by atoms with E-state index in [9.17, 15) is 0 Å². The molecule has 0 aromatic heterocycles. The van der Waals surface area contributed by atoms with Gasteiger partial charge in [0.1, 0.15) is 0 Å². The molecule has 316 valence electrons. The maximum atomic E-state index is 2.56. The molecule has 0 amide bonds. The van der Waals surface area contributed by atoms with Crippen molar-refractivity contribution in [2.75, 3.05) is 4.90 Å². The quantitative estimate of drug-likeness (QED) is 0.171. The number of nitrogens with zero attached hydrogens (tertiary/aromatic N) is 1. The average molecular weight is 838 g/mol. The monoisotopic (exact) mass is 837 g/mol. The van der Waals surface area contributed by atoms with E-state index in [0.717, 1.165) is 0 Å². The summed E-state index contributed by atoms with van der Waals surface area (Å²) < 4.78 is 0. The van der Waals surface area contributed by atoms with Crippen molar-refractivity contribution in [3.63, 3.8) is 0 Å². The van der Waals surface area contributed by atoms with Crippen molar-refractivity contribution in [2.24, 2.45) is 0 Å². The number of benzene rings is 9. The molecular weight excluding hydrogens is 783 g/mol. The Morgan fingerprint density at radius 3 is 1.18 bits per heavy atom. The molecule has 0 aliphatic heterocycles. The van der Waals surface area contributed by atoms with Gasteiger partial charge in [-0.15, -0.1) is 0 Å². The van der Waals surface area contributed by atoms with Gasteiger partial charge < -0.3 is 4.90 Å². The van der Waals surface area contributed by atoms with Gasteiger partial charge in [-0.2, -0.15) is 0 Å². The molecular formula is C64H55N. The van der Waals surface area contributed by atoms with E-state index in [1.165, 1.54) is 139 Å². The van der Waals surface area contributed by atoms with Crippen LogP contribution in [0.3, 0.4) is 0 Å². The zero-order valence-electron chi connectivity index (χ0n) is 39.4. The zero-order chi connectivity index (χ0) is 44.7. The summed E-state index contributed by atoms with van der Waals surface area (Å²) in [7, 11) is 0. The van der Waals surface area contributed by atoms with E-state index in [-0.39, 0.29) is 21.7 Å². The van der Waals surface area contributed by atoms with E-state index in [2.05, 4.69) is 226 Å². The van der Waals surface area contributed by atoms with Gasteiger partial charge in [0.25, 0.3) is 0 Å². The third-order valence-corrected chi connectivity index (χ3v) is 16.8. The van der Waals surface area contributed by atoms with Crippen molar-refractivity contribution < 1.29 is 0 Å². The average Bonchev–Trinajstić information content (AvgIpc) is 3.85. The topological polar surface area (TPSA) is 3.24 Å². The summed E-state index contributed by atoms with van der Waals surface area (Å²) in [5.74, 6) is 0. The molecule has 4 aliphatic carbocycles. The fraction of sp³-hybridized carbons (Fsp3) is 0.219. The Bertz CT molecular complexity index is 3410. The molecule has 1 heteroatoms. The highest BCUT2D eigenvalue weighted by molar-refractivity contribution is 6.05. The van der Waals surface area contributed by atoms with E-state index in [4.69, 9.17) is 0 Å². The van der Waals surface area contributed by atoms with Crippen LogP contribution in [0.5, 0.6) is 0 Å². The lowest BCUT2D eigenvalue weighted by Crippen LogP contribution is -2.19. The molecule has 0 saturated carbocycles. The highest BCUT2D eigenvalue weighted by Gasteiger charge is 2.44. The fourth-order valence-corrected chi connectivity index (χ4v) is 13.2. The highest BCUT2D eigenvalue weighted by atomic mass is 15.1. The second-order valence-electron chi connectivity index (χ2n) is 21.9. The van der Waals surface area contributed by atoms with Crippen LogP contribution < -0.4 is 4.90 Å². The molecule has 9 aromatic carbocycles. The van der Waals surface area contributed by atoms with Crippen LogP contribution in [-0.4, -0.2) is 0 Å². The van der Waals surface area contributed by atoms with E-state index >= 15 is 0 Å². The number of rotatable bonds is 3. The lowest BCUT2D eigenvalue weighted by molar-refractivity contribution is 0.652. The first kappa shape index (κ1) is 38.7. The van der Waals surface area contributed by atoms with Crippen LogP contribution in [0.1, 0.15) is 111 Å². The van der Waals surface area contributed by atoms with Gasteiger partial charge >= 0.3 is 0 Å². The maximum Gasteiger partial charge on any atom is 0.0490 e. The van der Waals surface area contributed by atoms with Crippen LogP contribution in [0, 0.1) is 13.8 Å². The standard InChI is InChI=1S/C64H55N/c1-36-19-28-58(37(2)29-36)65(40-22-24-44-46-32-56-48(34-54(46)63(7,8)52(44)30-40)59-42-17-13-11-15-38(42)20-26-50(59)61(56,3)4)41-23-25-45-47-33-57-49(35-55(47)64(9,10)53(45)31-41)60-43-18-14-12-16-39(43)21-27-51(60)62(57,5)6/h11-35H,1-10H3. The summed E-state index contributed by atoms with van der Waals surface area (Å²) in [6.07, 6.45) is 0. The molecule has 0 heterocycles. The molecule has 0 N–H and O–H groups in total. The zero-order valence-corrected chi connectivity index (χ0v) is 39.4. The van der Waals surface area contributed by atoms with Gasteiger partial charge in [0, 0.05) is 38.7 Å². The Kier molecular flexibility index (Phi) is 7.48. The van der Waals surface area contributed by atoms with E-state index in [0.29, 0.717) is 0 Å². The third kappa shape index (κ3) is 4.94. The van der Waals surface area contributed by atoms with Crippen LogP contribution in [0.15, 0.2) is 152 Å². The van der Waals surface area contributed by atoms with Gasteiger partial charge in [0.05, 0.1) is 0 Å². The van der Waals surface area contributed by atoms with E-state index in [1.807, 2.05) is 0 Å². The summed E-state index contributed by atoms with van der Waals surface area (Å²) in [5.41, 5.74) is 28.0. The van der Waals surface area contributed by atoms with Gasteiger partial charge in [-0.1, -0.05) is 158 Å². The SMILES string of the molecule is Cc1ccc(N(c2ccc3c(c2)C(C)(C)c2cc4c(cc2-3)C(C)(C)c2ccc3ccccc3c2-4)c2ccc3c(c2)C(C)(C)c2cc4c(cc2-3)C(C)(C)c2ccc3ccccc3c2-4)c(C)c1. The second-order valence-corrected chi connectivity index (χ2v) is 21.9. The lowest BCUT2D eigenvalue weighted by atomic mass is 9.79. The third-order valence-electron chi connectivity index (χ3n) is 16.8. The molecule has 0 atom stereocenters. The number of hydrogen-bond acceptors (Lipinski definition) is 1. The highest BCUT2D eigenvalue weighted by Crippen LogP contribution is 2.60. The van der Waals surface area contributed by atoms with E-state index < -0.39 is 0 Å². The van der Waals surface area contributed by atoms with Crippen molar-refractivity contribution in [2.45, 2.75) is 90.9 Å². The Hall–Kier alpha value is -6.70. The number of fused-ring (bicyclic) bond motifs is 16. The number of anilines is 3. The van der Waals surface area contributed by atoms with Crippen LogP contribution in [0.4, 0.5) is 17.1 Å². The first-order valence-corrected chi connectivity index (χ1v) is 23.7. The normalized spacial score (nSPS) is 16.6. The molecule has 0 saturated heterocycles. The molecule has 0 fully saturated rings. The summed E-state index contributed by atoms with van der Waals surface area (Å²) in [6, 6.07) is 59.0. The Morgan fingerprint density at radius 1 is 0.323 bits per heavy atom. The number of aryl methyl sites for hydroxylation is 2. The van der Waals surface area contributed by atoms with Gasteiger partial charge in [0.15, 0.2) is 0 Å². The van der Waals surface area contributed by atoms with Crippen molar-refractivity contribution in [3.05, 3.63) is 207 Å². The van der Waals surface area contributed by atoms with Gasteiger partial charge in [-0.25, -0.2) is 0 Å². The van der Waals surface area contributed by atoms with Crippen LogP contribution in [-0.2, 0) is 21.7 Å². The van der Waals surface area contributed by atoms with Crippen molar-refractivity contribution >= 4 is 38.6 Å². The van der Waals surface area contributed by atoms with Crippen LogP contribution >= 0.6 is 0 Å². The second kappa shape index (κ2) is 12.5. The largest absolute Gasteiger partial charge is 0.310 e. The maximum absolute atomic E-state index is 2.56. The van der Waals surface area contributed by atoms with Crippen molar-refractivity contribution in [3.8, 4) is 44.5 Å². The minimum atomic E-state index is -0.194. The Labute approximate surface area is 384 Å². The molecule has 65 heavy (non-hydrogen) atoms. The Morgan fingerprint density at radius 2 is 0.723 bits per heavy atom.